The number of amides is 3. The Hall–Kier alpha value is -4.71. The molecule has 0 bridgehead atoms. The van der Waals surface area contributed by atoms with Crippen molar-refractivity contribution in [3.8, 4) is 0 Å². The first-order valence-electron chi connectivity index (χ1n) is 11.4. The largest absolute Gasteiger partial charge is 0.334 e. The van der Waals surface area contributed by atoms with Gasteiger partial charge >= 0.3 is 6.03 Å². The molecule has 4 aromatic carbocycles. The van der Waals surface area contributed by atoms with Crippen LogP contribution in [-0.4, -0.2) is 26.4 Å². The first kappa shape index (κ1) is 20.9. The summed E-state index contributed by atoms with van der Waals surface area (Å²) >= 11 is 0. The number of carbonyl (C=O) groups is 2. The van der Waals surface area contributed by atoms with E-state index in [1.807, 2.05) is 108 Å². The van der Waals surface area contributed by atoms with Gasteiger partial charge in [-0.05, 0) is 35.4 Å². The highest BCUT2D eigenvalue weighted by Crippen LogP contribution is 2.45. The number of rotatable bonds is 5. The van der Waals surface area contributed by atoms with Crippen molar-refractivity contribution in [2.45, 2.75) is 12.2 Å². The van der Waals surface area contributed by atoms with Gasteiger partial charge in [-0.15, -0.1) is 0 Å². The maximum atomic E-state index is 14.5. The molecule has 5 aromatic rings. The third kappa shape index (κ3) is 3.14. The lowest BCUT2D eigenvalue weighted by atomic mass is 9.81. The van der Waals surface area contributed by atoms with Crippen molar-refractivity contribution < 1.29 is 9.59 Å². The van der Waals surface area contributed by atoms with E-state index in [2.05, 4.69) is 4.98 Å². The highest BCUT2D eigenvalue weighted by molar-refractivity contribution is 6.24. The van der Waals surface area contributed by atoms with Gasteiger partial charge in [0.2, 0.25) is 0 Å². The van der Waals surface area contributed by atoms with Crippen LogP contribution in [0, 0.1) is 0 Å². The van der Waals surface area contributed by atoms with Gasteiger partial charge in [0.05, 0.1) is 23.0 Å². The van der Waals surface area contributed by atoms with Crippen molar-refractivity contribution in [1.82, 2.24) is 14.5 Å². The third-order valence-electron chi connectivity index (χ3n) is 6.56. The van der Waals surface area contributed by atoms with E-state index in [0.29, 0.717) is 5.69 Å². The summed E-state index contributed by atoms with van der Waals surface area (Å²) in [6.07, 6.45) is 1.72. The summed E-state index contributed by atoms with van der Waals surface area (Å²) in [5.74, 6) is -0.310. The Labute approximate surface area is 202 Å². The molecule has 1 fully saturated rings. The van der Waals surface area contributed by atoms with Crippen LogP contribution in [-0.2, 0) is 17.0 Å². The van der Waals surface area contributed by atoms with Crippen molar-refractivity contribution >= 4 is 28.7 Å². The molecule has 35 heavy (non-hydrogen) atoms. The first-order valence-corrected chi connectivity index (χ1v) is 11.4. The number of benzene rings is 4. The van der Waals surface area contributed by atoms with Crippen molar-refractivity contribution in [3.05, 3.63) is 133 Å². The predicted molar refractivity (Wildman–Crippen MR) is 135 cm³/mol. The quantitative estimate of drug-likeness (QED) is 0.331. The minimum atomic E-state index is -1.35. The van der Waals surface area contributed by atoms with Crippen LogP contribution in [0.25, 0.3) is 11.0 Å². The highest BCUT2D eigenvalue weighted by atomic mass is 16.2. The summed E-state index contributed by atoms with van der Waals surface area (Å²) in [5, 5.41) is 0. The van der Waals surface area contributed by atoms with E-state index in [0.717, 1.165) is 22.2 Å². The van der Waals surface area contributed by atoms with Gasteiger partial charge in [0.1, 0.15) is 6.67 Å². The van der Waals surface area contributed by atoms with Crippen molar-refractivity contribution in [2.24, 2.45) is 0 Å². The Morgan fingerprint density at radius 3 is 1.83 bits per heavy atom. The highest BCUT2D eigenvalue weighted by Gasteiger charge is 2.60. The Kier molecular flexibility index (Phi) is 4.92. The standard InChI is InChI=1S/C29H22N4O2/c34-27-29(22-12-4-1-5-13-22,23-14-6-2-7-15-23)32(28(35)33(27)24-16-8-3-9-17-24)21-31-20-30-25-18-10-11-19-26(25)31/h1-20H,21H2. The number of para-hydroxylation sites is 3. The zero-order chi connectivity index (χ0) is 23.8. The Bertz CT molecular complexity index is 1470. The van der Waals surface area contributed by atoms with Crippen LogP contribution in [0.15, 0.2) is 122 Å². The molecular weight excluding hydrogens is 436 g/mol. The van der Waals surface area contributed by atoms with E-state index >= 15 is 0 Å². The van der Waals surface area contributed by atoms with Crippen LogP contribution in [0.2, 0.25) is 0 Å². The second-order valence-electron chi connectivity index (χ2n) is 8.47. The average Bonchev–Trinajstić information content (AvgIpc) is 3.42. The van der Waals surface area contributed by atoms with Gasteiger partial charge in [0.25, 0.3) is 5.91 Å². The minimum Gasteiger partial charge on any atom is -0.312 e. The second kappa shape index (κ2) is 8.25. The lowest BCUT2D eigenvalue weighted by Gasteiger charge is -2.36. The second-order valence-corrected chi connectivity index (χ2v) is 8.47. The summed E-state index contributed by atoms with van der Waals surface area (Å²) in [6.45, 7) is 0.151. The molecule has 2 heterocycles. The van der Waals surface area contributed by atoms with Gasteiger partial charge < -0.3 is 4.57 Å². The monoisotopic (exact) mass is 458 g/mol. The normalized spacial score (nSPS) is 15.2. The SMILES string of the molecule is O=C1N(c2ccccc2)C(=O)C(c2ccccc2)(c2ccccc2)N1Cn1cnc2ccccc21. The summed E-state index contributed by atoms with van der Waals surface area (Å²) in [5.41, 5.74) is 2.37. The maximum Gasteiger partial charge on any atom is 0.334 e. The van der Waals surface area contributed by atoms with Crippen LogP contribution in [0.3, 0.4) is 0 Å². The molecule has 1 aromatic heterocycles. The number of hydrogen-bond donors (Lipinski definition) is 0. The van der Waals surface area contributed by atoms with Crippen LogP contribution in [0.4, 0.5) is 10.5 Å². The zero-order valence-corrected chi connectivity index (χ0v) is 18.9. The fraction of sp³-hybridized carbons (Fsp3) is 0.0690. The van der Waals surface area contributed by atoms with Gasteiger partial charge in [-0.3, -0.25) is 9.69 Å². The fourth-order valence-corrected chi connectivity index (χ4v) is 4.96. The van der Waals surface area contributed by atoms with Crippen LogP contribution in [0.1, 0.15) is 11.1 Å². The summed E-state index contributed by atoms with van der Waals surface area (Å²) in [4.78, 5) is 36.1. The summed E-state index contributed by atoms with van der Waals surface area (Å²) < 4.78 is 1.91. The molecule has 6 heteroatoms. The molecule has 0 radical (unpaired) electrons. The number of imide groups is 1. The molecule has 0 saturated carbocycles. The van der Waals surface area contributed by atoms with Gasteiger partial charge in [-0.25, -0.2) is 14.7 Å². The number of fused-ring (bicyclic) bond motifs is 1. The molecule has 0 spiro atoms. The van der Waals surface area contributed by atoms with E-state index in [9.17, 15) is 9.59 Å². The van der Waals surface area contributed by atoms with E-state index in [4.69, 9.17) is 0 Å². The molecule has 0 N–H and O–H groups in total. The molecule has 0 atom stereocenters. The van der Waals surface area contributed by atoms with Gasteiger partial charge in [-0.2, -0.15) is 0 Å². The van der Waals surface area contributed by atoms with Crippen molar-refractivity contribution in [1.29, 1.82) is 0 Å². The maximum absolute atomic E-state index is 14.5. The number of urea groups is 1. The Morgan fingerprint density at radius 1 is 0.657 bits per heavy atom. The number of anilines is 1. The smallest absolute Gasteiger partial charge is 0.312 e. The molecular formula is C29H22N4O2. The number of hydrogen-bond acceptors (Lipinski definition) is 3. The molecule has 6 nitrogen and oxygen atoms in total. The average molecular weight is 459 g/mol. The lowest BCUT2D eigenvalue weighted by Crippen LogP contribution is -2.48. The minimum absolute atomic E-state index is 0.151. The Balaban J connectivity index is 1.61. The molecule has 6 rings (SSSR count). The molecule has 1 saturated heterocycles. The van der Waals surface area contributed by atoms with E-state index in [1.54, 1.807) is 23.4 Å². The third-order valence-corrected chi connectivity index (χ3v) is 6.56. The summed E-state index contributed by atoms with van der Waals surface area (Å²) in [7, 11) is 0. The summed E-state index contributed by atoms with van der Waals surface area (Å²) in [6, 6.07) is 35.5. The topological polar surface area (TPSA) is 58.4 Å². The van der Waals surface area contributed by atoms with Gasteiger partial charge in [0, 0.05) is 0 Å². The number of carbonyl (C=O) groups excluding carboxylic acids is 2. The zero-order valence-electron chi connectivity index (χ0n) is 18.9. The van der Waals surface area contributed by atoms with Crippen molar-refractivity contribution in [2.75, 3.05) is 4.90 Å². The molecule has 0 aliphatic carbocycles. The fourth-order valence-electron chi connectivity index (χ4n) is 4.96. The van der Waals surface area contributed by atoms with E-state index in [1.165, 1.54) is 4.90 Å². The van der Waals surface area contributed by atoms with Gasteiger partial charge in [-0.1, -0.05) is 91.0 Å². The van der Waals surface area contributed by atoms with Crippen LogP contribution in [0.5, 0.6) is 0 Å². The first-order chi connectivity index (χ1) is 17.2. The number of nitrogens with zero attached hydrogens (tertiary/aromatic N) is 4. The number of aromatic nitrogens is 2. The molecule has 1 aliphatic rings. The van der Waals surface area contributed by atoms with Crippen LogP contribution >= 0.6 is 0 Å². The van der Waals surface area contributed by atoms with Crippen molar-refractivity contribution in [3.63, 3.8) is 0 Å². The van der Waals surface area contributed by atoms with Crippen LogP contribution < -0.4 is 4.90 Å². The van der Waals surface area contributed by atoms with Gasteiger partial charge in [0.15, 0.2) is 5.54 Å². The Morgan fingerprint density at radius 2 is 1.20 bits per heavy atom. The molecule has 3 amide bonds. The molecule has 170 valence electrons. The lowest BCUT2D eigenvalue weighted by molar-refractivity contribution is -0.123. The predicted octanol–water partition coefficient (Wildman–Crippen LogP) is 5.41. The molecule has 0 unspecified atom stereocenters. The molecule has 1 aliphatic heterocycles. The number of imidazole rings is 1. The van der Waals surface area contributed by atoms with E-state index < -0.39 is 5.54 Å². The van der Waals surface area contributed by atoms with E-state index in [-0.39, 0.29) is 18.6 Å².